The van der Waals surface area contributed by atoms with E-state index in [4.69, 9.17) is 14.2 Å². The average Bonchev–Trinajstić information content (AvgIpc) is 3.02. The van der Waals surface area contributed by atoms with Crippen molar-refractivity contribution < 1.29 is 23.8 Å². The summed E-state index contributed by atoms with van der Waals surface area (Å²) in [7, 11) is 0. The molecule has 0 aliphatic heterocycles. The van der Waals surface area contributed by atoms with E-state index in [1.54, 1.807) is 13.0 Å². The third-order valence-electron chi connectivity index (χ3n) is 4.39. The molecule has 0 fully saturated rings. The zero-order valence-electron chi connectivity index (χ0n) is 17.2. The van der Waals surface area contributed by atoms with Gasteiger partial charge in [-0.1, -0.05) is 0 Å². The van der Waals surface area contributed by atoms with Crippen LogP contribution in [0.3, 0.4) is 0 Å². The van der Waals surface area contributed by atoms with Gasteiger partial charge in [0.2, 0.25) is 0 Å². The number of carbonyl (C=O) groups excluding carboxylic acids is 2. The molecule has 1 N–H and O–H groups in total. The van der Waals surface area contributed by atoms with Gasteiger partial charge in [0, 0.05) is 0 Å². The Morgan fingerprint density at radius 1 is 1.22 bits per heavy atom. The van der Waals surface area contributed by atoms with Gasteiger partial charge in [0.25, 0.3) is 0 Å². The van der Waals surface area contributed by atoms with Crippen LogP contribution in [0.4, 0.5) is 4.79 Å². The number of hydrogen-bond donors (Lipinski definition) is 1. The van der Waals surface area contributed by atoms with Crippen LogP contribution in [0, 0.1) is 6.92 Å². The van der Waals surface area contributed by atoms with E-state index >= 15 is 0 Å². The van der Waals surface area contributed by atoms with Crippen LogP contribution < -0.4 is 10.1 Å². The molecule has 1 atom stereocenters. The summed E-state index contributed by atoms with van der Waals surface area (Å²) in [6.07, 6.45) is 2.39. The van der Waals surface area contributed by atoms with Gasteiger partial charge in [-0.15, -0.1) is 0 Å². The van der Waals surface area contributed by atoms with Gasteiger partial charge in [0.05, 0.1) is 18.2 Å². The van der Waals surface area contributed by atoms with E-state index in [1.807, 2.05) is 34.6 Å². The normalized spacial score (nSPS) is 14.3. The predicted octanol–water partition coefficient (Wildman–Crippen LogP) is 3.95. The number of alkyl carbamates (subject to hydrolysis) is 1. The highest BCUT2D eigenvalue weighted by atomic mass is 16.6. The van der Waals surface area contributed by atoms with Crippen molar-refractivity contribution in [2.45, 2.75) is 72.4 Å². The van der Waals surface area contributed by atoms with Crippen LogP contribution in [0.5, 0.6) is 5.75 Å². The number of ether oxygens (including phenoxy) is 3. The van der Waals surface area contributed by atoms with E-state index in [0.29, 0.717) is 17.9 Å². The molecule has 0 saturated heterocycles. The van der Waals surface area contributed by atoms with Crippen LogP contribution in [0.15, 0.2) is 6.07 Å². The van der Waals surface area contributed by atoms with Gasteiger partial charge in [-0.2, -0.15) is 0 Å². The lowest BCUT2D eigenvalue weighted by Crippen LogP contribution is -2.40. The number of carbonyl (C=O) groups is 2. The Morgan fingerprint density at radius 3 is 2.52 bits per heavy atom. The molecule has 0 saturated carbocycles. The molecule has 0 aromatic heterocycles. The number of nitrogens with one attached hydrogen (secondary N) is 1. The Labute approximate surface area is 161 Å². The highest BCUT2D eigenvalue weighted by Gasteiger charge is 2.25. The molecular formula is C21H31NO5. The van der Waals surface area contributed by atoms with Gasteiger partial charge in [-0.05, 0) is 83.6 Å². The van der Waals surface area contributed by atoms with Gasteiger partial charge in [0.15, 0.2) is 0 Å². The van der Waals surface area contributed by atoms with Crippen LogP contribution in [0.2, 0.25) is 0 Å². The molecule has 1 aromatic carbocycles. The van der Waals surface area contributed by atoms with Crippen LogP contribution >= 0.6 is 0 Å². The topological polar surface area (TPSA) is 73.9 Å². The summed E-state index contributed by atoms with van der Waals surface area (Å²) >= 11 is 0. The first-order chi connectivity index (χ1) is 12.6. The highest BCUT2D eigenvalue weighted by Crippen LogP contribution is 2.35. The van der Waals surface area contributed by atoms with Crippen molar-refractivity contribution in [2.24, 2.45) is 0 Å². The zero-order chi connectivity index (χ0) is 20.2. The summed E-state index contributed by atoms with van der Waals surface area (Å²) < 4.78 is 16.4. The van der Waals surface area contributed by atoms with Gasteiger partial charge < -0.3 is 19.5 Å². The third-order valence-corrected chi connectivity index (χ3v) is 4.39. The molecule has 6 nitrogen and oxygen atoms in total. The first-order valence-corrected chi connectivity index (χ1v) is 9.57. The monoisotopic (exact) mass is 377 g/mol. The van der Waals surface area contributed by atoms with Gasteiger partial charge >= 0.3 is 12.1 Å². The minimum absolute atomic E-state index is 0.237. The molecule has 0 heterocycles. The number of benzene rings is 1. The predicted molar refractivity (Wildman–Crippen MR) is 103 cm³/mol. The number of rotatable bonds is 6. The second kappa shape index (κ2) is 8.63. The highest BCUT2D eigenvalue weighted by molar-refractivity contribution is 5.92. The van der Waals surface area contributed by atoms with Crippen molar-refractivity contribution in [1.82, 2.24) is 5.32 Å². The molecule has 1 unspecified atom stereocenters. The van der Waals surface area contributed by atoms with Crippen molar-refractivity contribution >= 4 is 12.1 Å². The Morgan fingerprint density at radius 2 is 1.89 bits per heavy atom. The molecule has 6 heteroatoms. The minimum Gasteiger partial charge on any atom is -0.491 e. The molecule has 1 aliphatic rings. The fourth-order valence-electron chi connectivity index (χ4n) is 3.24. The summed E-state index contributed by atoms with van der Waals surface area (Å²) in [5.41, 5.74) is 3.37. The van der Waals surface area contributed by atoms with Crippen LogP contribution in [0.1, 0.15) is 68.1 Å². The molecule has 27 heavy (non-hydrogen) atoms. The molecule has 1 amide bonds. The summed E-state index contributed by atoms with van der Waals surface area (Å²) in [6.45, 7) is 11.7. The third kappa shape index (κ3) is 5.62. The molecule has 1 aromatic rings. The fraction of sp³-hybridized carbons (Fsp3) is 0.619. The van der Waals surface area contributed by atoms with E-state index in [2.05, 4.69) is 5.32 Å². The molecule has 150 valence electrons. The van der Waals surface area contributed by atoms with Gasteiger partial charge in [0.1, 0.15) is 18.0 Å². The number of amides is 1. The van der Waals surface area contributed by atoms with Crippen molar-refractivity contribution in [2.75, 3.05) is 13.2 Å². The average molecular weight is 377 g/mol. The van der Waals surface area contributed by atoms with E-state index in [-0.39, 0.29) is 18.6 Å². The summed E-state index contributed by atoms with van der Waals surface area (Å²) in [4.78, 5) is 24.2. The molecule has 0 radical (unpaired) electrons. The van der Waals surface area contributed by atoms with Crippen molar-refractivity contribution in [3.05, 3.63) is 28.3 Å². The quantitative estimate of drug-likeness (QED) is 0.760. The molecule has 2 rings (SSSR count). The Kier molecular flexibility index (Phi) is 6.73. The first kappa shape index (κ1) is 21.1. The fourth-order valence-corrected chi connectivity index (χ4v) is 3.24. The summed E-state index contributed by atoms with van der Waals surface area (Å²) in [5, 5.41) is 2.76. The molecular weight excluding hydrogens is 346 g/mol. The Balaban J connectivity index is 2.09. The lowest BCUT2D eigenvalue weighted by atomic mass is 9.98. The Hall–Kier alpha value is -2.24. The number of esters is 1. The lowest BCUT2D eigenvalue weighted by Gasteiger charge is -2.22. The van der Waals surface area contributed by atoms with E-state index in [9.17, 15) is 9.59 Å². The van der Waals surface area contributed by atoms with E-state index in [1.165, 1.54) is 5.56 Å². The van der Waals surface area contributed by atoms with Crippen molar-refractivity contribution in [1.29, 1.82) is 0 Å². The van der Waals surface area contributed by atoms with Crippen molar-refractivity contribution in [3.8, 4) is 5.75 Å². The maximum absolute atomic E-state index is 12.3. The maximum Gasteiger partial charge on any atom is 0.407 e. The zero-order valence-corrected chi connectivity index (χ0v) is 17.2. The number of fused-ring (bicyclic) bond motifs is 1. The van der Waals surface area contributed by atoms with E-state index in [0.717, 1.165) is 30.4 Å². The smallest absolute Gasteiger partial charge is 0.407 e. The SMILES string of the molecule is CCOC(=O)c1cc(OCC(C)NC(=O)OC(C)(C)C)c(C)c2c1CCC2. The molecule has 0 spiro atoms. The molecule has 0 bridgehead atoms. The second-order valence-corrected chi connectivity index (χ2v) is 7.94. The summed E-state index contributed by atoms with van der Waals surface area (Å²) in [6, 6.07) is 1.54. The number of hydrogen-bond acceptors (Lipinski definition) is 5. The standard InChI is InChI=1S/C21H31NO5/c1-7-25-19(23)17-11-18(14(3)15-9-8-10-16(15)17)26-12-13(2)22-20(24)27-21(4,5)6/h11,13H,7-10,12H2,1-6H3,(H,22,24). The van der Waals surface area contributed by atoms with E-state index < -0.39 is 11.7 Å². The van der Waals surface area contributed by atoms with Gasteiger partial charge in [-0.3, -0.25) is 0 Å². The first-order valence-electron chi connectivity index (χ1n) is 9.57. The van der Waals surface area contributed by atoms with Crippen LogP contribution in [-0.2, 0) is 22.3 Å². The minimum atomic E-state index is -0.546. The Bertz CT molecular complexity index is 706. The largest absolute Gasteiger partial charge is 0.491 e. The lowest BCUT2D eigenvalue weighted by molar-refractivity contribution is 0.0492. The van der Waals surface area contributed by atoms with Crippen LogP contribution in [-0.4, -0.2) is 36.9 Å². The van der Waals surface area contributed by atoms with Gasteiger partial charge in [-0.25, -0.2) is 9.59 Å². The molecule has 1 aliphatic carbocycles. The maximum atomic E-state index is 12.3. The van der Waals surface area contributed by atoms with Crippen molar-refractivity contribution in [3.63, 3.8) is 0 Å². The summed E-state index contributed by atoms with van der Waals surface area (Å²) in [5.74, 6) is 0.358. The second-order valence-electron chi connectivity index (χ2n) is 7.94. The van der Waals surface area contributed by atoms with Crippen LogP contribution in [0.25, 0.3) is 0 Å².